The topological polar surface area (TPSA) is 68.2 Å². The average molecular weight is 432 g/mol. The number of hydrogen-bond donors (Lipinski definition) is 0. The van der Waals surface area contributed by atoms with Gasteiger partial charge in [-0.05, 0) is 25.0 Å². The van der Waals surface area contributed by atoms with Gasteiger partial charge in [-0.2, -0.15) is 0 Å². The minimum atomic E-state index is -1.74. The number of allylic oxidation sites excluding steroid dienone is 1. The largest absolute Gasteiger partial charge is 0.456 e. The molecule has 6 nitrogen and oxygen atoms in total. The van der Waals surface area contributed by atoms with Crippen molar-refractivity contribution in [2.45, 2.75) is 36.3 Å². The summed E-state index contributed by atoms with van der Waals surface area (Å²) in [6.07, 6.45) is -0.196. The number of amides is 1. The van der Waals surface area contributed by atoms with Crippen LogP contribution in [0.5, 0.6) is 0 Å². The lowest BCUT2D eigenvalue weighted by Crippen LogP contribution is -2.63. The van der Waals surface area contributed by atoms with E-state index in [0.29, 0.717) is 17.9 Å². The number of benzene rings is 1. The molecule has 9 heteroatoms. The maximum Gasteiger partial charge on any atom is 0.355 e. The van der Waals surface area contributed by atoms with Crippen molar-refractivity contribution in [3.63, 3.8) is 0 Å². The van der Waals surface area contributed by atoms with Crippen LogP contribution in [0, 0.1) is 0 Å². The van der Waals surface area contributed by atoms with E-state index in [1.807, 2.05) is 30.3 Å². The highest BCUT2D eigenvalue weighted by Gasteiger charge is 2.56. The number of esters is 1. The minimum Gasteiger partial charge on any atom is -0.456 e. The molecule has 1 aromatic rings. The van der Waals surface area contributed by atoms with Gasteiger partial charge in [0, 0.05) is 6.42 Å². The first-order valence-corrected chi connectivity index (χ1v) is 9.32. The van der Waals surface area contributed by atoms with Crippen LogP contribution >= 0.6 is 34.8 Å². The summed E-state index contributed by atoms with van der Waals surface area (Å²) in [6, 6.07) is 8.99. The average Bonchev–Trinajstić information content (AvgIpc) is 2.96. The van der Waals surface area contributed by atoms with E-state index >= 15 is 0 Å². The molecule has 1 fully saturated rings. The van der Waals surface area contributed by atoms with Crippen molar-refractivity contribution < 1.29 is 19.1 Å². The van der Waals surface area contributed by atoms with E-state index in [9.17, 15) is 9.59 Å². The summed E-state index contributed by atoms with van der Waals surface area (Å²) >= 11 is 16.9. The molecule has 2 aliphatic rings. The van der Waals surface area contributed by atoms with Crippen LogP contribution in [0.2, 0.25) is 0 Å². The van der Waals surface area contributed by atoms with E-state index < -0.39 is 28.6 Å². The number of β-lactam (4-membered cyclic amide) rings is 1. The summed E-state index contributed by atoms with van der Waals surface area (Å²) in [4.78, 5) is 30.5. The molecule has 0 N–H and O–H groups in total. The Morgan fingerprint density at radius 3 is 2.52 bits per heavy atom. The van der Waals surface area contributed by atoms with Crippen LogP contribution in [0.15, 0.2) is 46.6 Å². The summed E-state index contributed by atoms with van der Waals surface area (Å²) in [7, 11) is 0. The first-order valence-electron chi connectivity index (χ1n) is 8.19. The van der Waals surface area contributed by atoms with E-state index in [0.717, 1.165) is 5.56 Å². The highest BCUT2D eigenvalue weighted by atomic mass is 35.6. The first-order chi connectivity index (χ1) is 12.7. The molecule has 1 saturated heterocycles. The molecule has 1 amide bonds. The van der Waals surface area contributed by atoms with Crippen molar-refractivity contribution in [1.29, 1.82) is 0 Å². The molecule has 2 heterocycles. The van der Waals surface area contributed by atoms with Gasteiger partial charge in [-0.15, -0.1) is 0 Å². The molecule has 0 aliphatic carbocycles. The molecule has 0 bridgehead atoms. The molecule has 0 radical (unpaired) electrons. The van der Waals surface area contributed by atoms with E-state index in [4.69, 9.17) is 44.3 Å². The van der Waals surface area contributed by atoms with Crippen LogP contribution in [0.3, 0.4) is 0 Å². The molecule has 3 rings (SSSR count). The third kappa shape index (κ3) is 4.39. The molecule has 0 spiro atoms. The Balaban J connectivity index is 1.70. The van der Waals surface area contributed by atoms with Gasteiger partial charge in [0.25, 0.3) is 5.91 Å². The van der Waals surface area contributed by atoms with Gasteiger partial charge in [-0.1, -0.05) is 65.1 Å². The first kappa shape index (κ1) is 20.0. The fraction of sp³-hybridized carbons (Fsp3) is 0.389. The quantitative estimate of drug-likeness (QED) is 0.310. The van der Waals surface area contributed by atoms with E-state index in [1.54, 1.807) is 13.8 Å². The Morgan fingerprint density at radius 1 is 1.26 bits per heavy atom. The number of alkyl halides is 3. The van der Waals surface area contributed by atoms with Crippen LogP contribution in [0.25, 0.3) is 0 Å². The molecule has 0 saturated carbocycles. The second-order valence-corrected chi connectivity index (χ2v) is 8.90. The summed E-state index contributed by atoms with van der Waals surface area (Å²) < 4.78 is 9.10. The molecule has 1 aromatic carbocycles. The molecular weight excluding hydrogens is 415 g/mol. The van der Waals surface area contributed by atoms with Gasteiger partial charge in [-0.25, -0.2) is 9.79 Å². The summed E-state index contributed by atoms with van der Waals surface area (Å²) in [6.45, 7) is 2.94. The lowest BCUT2D eigenvalue weighted by Gasteiger charge is -2.41. The number of nitrogens with zero attached hydrogens (tertiary/aromatic N) is 2. The maximum atomic E-state index is 12.5. The van der Waals surface area contributed by atoms with Crippen LogP contribution in [-0.4, -0.2) is 45.3 Å². The van der Waals surface area contributed by atoms with Crippen molar-refractivity contribution in [3.8, 4) is 0 Å². The van der Waals surface area contributed by atoms with Gasteiger partial charge in [-0.3, -0.25) is 9.69 Å². The van der Waals surface area contributed by atoms with Crippen LogP contribution in [-0.2, 0) is 25.5 Å². The predicted octanol–water partition coefficient (Wildman–Crippen LogP) is 3.40. The number of fused-ring (bicyclic) bond motifs is 1. The second kappa shape index (κ2) is 7.70. The van der Waals surface area contributed by atoms with Crippen molar-refractivity contribution in [1.82, 2.24) is 4.90 Å². The molecule has 27 heavy (non-hydrogen) atoms. The number of carbonyl (C=O) groups is 2. The Labute approximate surface area is 171 Å². The van der Waals surface area contributed by atoms with Crippen molar-refractivity contribution in [2.24, 2.45) is 4.99 Å². The van der Waals surface area contributed by atoms with Crippen molar-refractivity contribution in [2.75, 3.05) is 6.61 Å². The number of carbonyl (C=O) groups excluding carboxylic acids is 2. The number of likely N-dealkylation sites (tertiary alicyclic amines) is 1. The summed E-state index contributed by atoms with van der Waals surface area (Å²) in [5.74, 6) is -0.631. The van der Waals surface area contributed by atoms with Crippen molar-refractivity contribution >= 4 is 52.6 Å². The molecule has 2 aliphatic heterocycles. The lowest BCUT2D eigenvalue weighted by atomic mass is 10.0. The zero-order valence-corrected chi connectivity index (χ0v) is 16.9. The Hall–Kier alpha value is -1.76. The Kier molecular flexibility index (Phi) is 5.70. The van der Waals surface area contributed by atoms with Crippen LogP contribution in [0.4, 0.5) is 0 Å². The summed E-state index contributed by atoms with van der Waals surface area (Å²) in [5.41, 5.74) is 1.67. The van der Waals surface area contributed by atoms with Crippen LogP contribution in [0.1, 0.15) is 19.4 Å². The monoisotopic (exact) mass is 430 g/mol. The van der Waals surface area contributed by atoms with Gasteiger partial charge in [0.05, 0.1) is 0 Å². The van der Waals surface area contributed by atoms with E-state index in [1.165, 1.54) is 4.90 Å². The number of rotatable bonds is 5. The zero-order valence-electron chi connectivity index (χ0n) is 14.6. The van der Waals surface area contributed by atoms with E-state index in [2.05, 4.69) is 4.99 Å². The zero-order chi connectivity index (χ0) is 19.8. The van der Waals surface area contributed by atoms with E-state index in [-0.39, 0.29) is 11.6 Å². The number of ether oxygens (including phenoxy) is 2. The highest BCUT2D eigenvalue weighted by Crippen LogP contribution is 2.35. The fourth-order valence-electron chi connectivity index (χ4n) is 2.86. The normalized spacial score (nSPS) is 21.0. The van der Waals surface area contributed by atoms with Gasteiger partial charge in [0.2, 0.25) is 10.0 Å². The third-order valence-electron chi connectivity index (χ3n) is 4.03. The smallest absolute Gasteiger partial charge is 0.355 e. The SMILES string of the molecule is CC(C)=C(C(=O)OCC(Cl)(Cl)Cl)N1C(=O)[C@H]2N=C(Cc3ccccc3)O[C@H]21. The Morgan fingerprint density at radius 2 is 1.93 bits per heavy atom. The summed E-state index contributed by atoms with van der Waals surface area (Å²) in [5, 5.41) is 0. The second-order valence-electron chi connectivity index (χ2n) is 6.39. The van der Waals surface area contributed by atoms with Crippen molar-refractivity contribution in [3.05, 3.63) is 47.2 Å². The Bertz CT molecular complexity index is 814. The lowest BCUT2D eigenvalue weighted by molar-refractivity contribution is -0.163. The molecule has 2 atom stereocenters. The minimum absolute atomic E-state index is 0.0756. The van der Waals surface area contributed by atoms with Gasteiger partial charge in [0.1, 0.15) is 12.3 Å². The standard InChI is InChI=1S/C18H17Cl3N2O4/c1-10(2)14(17(25)26-9-18(19,20)21)23-15(24)13-16(23)27-12(22-13)8-11-6-4-3-5-7-11/h3-7,13,16H,8-9H2,1-2H3/t13-,16-/m1/s1. The van der Waals surface area contributed by atoms with Crippen LogP contribution < -0.4 is 0 Å². The fourth-order valence-corrected chi connectivity index (χ4v) is 3.03. The maximum absolute atomic E-state index is 12.5. The third-order valence-corrected chi connectivity index (χ3v) is 4.36. The molecule has 0 aromatic heterocycles. The number of aliphatic imine (C=N–C) groups is 1. The predicted molar refractivity (Wildman–Crippen MR) is 103 cm³/mol. The molecule has 0 unspecified atom stereocenters. The number of hydrogen-bond acceptors (Lipinski definition) is 5. The van der Waals surface area contributed by atoms with Gasteiger partial charge in [0.15, 0.2) is 11.9 Å². The van der Waals surface area contributed by atoms with Gasteiger partial charge >= 0.3 is 5.97 Å². The highest BCUT2D eigenvalue weighted by molar-refractivity contribution is 6.67. The molecular formula is C18H17Cl3N2O4. The van der Waals surface area contributed by atoms with Gasteiger partial charge < -0.3 is 9.47 Å². The number of halogens is 3. The molecule has 144 valence electrons.